The van der Waals surface area contributed by atoms with Gasteiger partial charge in [0, 0.05) is 24.0 Å². The second kappa shape index (κ2) is 9.62. The Morgan fingerprint density at radius 2 is 1.44 bits per heavy atom. The number of aliphatic carboxylic acids is 2. The van der Waals surface area contributed by atoms with Crippen molar-refractivity contribution in [3.8, 4) is 22.6 Å². The molecular formula is C21H24O6. The second-order valence-corrected chi connectivity index (χ2v) is 6.32. The van der Waals surface area contributed by atoms with Crippen molar-refractivity contribution in [3.63, 3.8) is 0 Å². The summed E-state index contributed by atoms with van der Waals surface area (Å²) in [4.78, 5) is 21.7. The molecule has 6 heteroatoms. The van der Waals surface area contributed by atoms with Gasteiger partial charge in [-0.15, -0.1) is 0 Å². The lowest BCUT2D eigenvalue weighted by Gasteiger charge is -2.15. The number of rotatable bonds is 10. The lowest BCUT2D eigenvalue weighted by molar-refractivity contribution is -0.138. The van der Waals surface area contributed by atoms with Crippen LogP contribution in [0, 0.1) is 0 Å². The van der Waals surface area contributed by atoms with Crippen LogP contribution in [0.4, 0.5) is 0 Å². The van der Waals surface area contributed by atoms with Crippen LogP contribution >= 0.6 is 0 Å². The Hall–Kier alpha value is -3.02. The largest absolute Gasteiger partial charge is 0.507 e. The molecular weight excluding hydrogens is 348 g/mol. The molecule has 0 radical (unpaired) electrons. The number of hydrogen-bond donors (Lipinski definition) is 3. The van der Waals surface area contributed by atoms with E-state index in [0.29, 0.717) is 36.3 Å². The van der Waals surface area contributed by atoms with Gasteiger partial charge < -0.3 is 20.1 Å². The maximum absolute atomic E-state index is 10.8. The first-order chi connectivity index (χ1) is 12.9. The van der Waals surface area contributed by atoms with E-state index in [1.165, 1.54) is 0 Å². The number of carboxylic acids is 2. The van der Waals surface area contributed by atoms with E-state index < -0.39 is 11.9 Å². The van der Waals surface area contributed by atoms with Gasteiger partial charge in [-0.1, -0.05) is 19.1 Å². The normalized spacial score (nSPS) is 10.6. The topological polar surface area (TPSA) is 104 Å². The molecule has 0 heterocycles. The molecule has 0 atom stereocenters. The molecule has 0 aliphatic heterocycles. The minimum atomic E-state index is -0.882. The molecule has 0 aromatic heterocycles. The van der Waals surface area contributed by atoms with E-state index in [2.05, 4.69) is 0 Å². The summed E-state index contributed by atoms with van der Waals surface area (Å²) in [6, 6.07) is 10.4. The van der Waals surface area contributed by atoms with Crippen molar-refractivity contribution >= 4 is 11.9 Å². The van der Waals surface area contributed by atoms with Crippen molar-refractivity contribution < 1.29 is 29.6 Å². The Kier molecular flexibility index (Phi) is 7.23. The van der Waals surface area contributed by atoms with Gasteiger partial charge >= 0.3 is 11.9 Å². The standard InChI is InChI=1S/C21H24O6/c1-2-11-27-19-8-4-15(6-10-21(25)26)13-17(19)16-12-14(3-7-18(16)22)5-9-20(23)24/h3-4,7-8,12-13,22H,2,5-6,9-11H2,1H3,(H,23,24)(H,25,26). The zero-order valence-electron chi connectivity index (χ0n) is 15.3. The van der Waals surface area contributed by atoms with Crippen LogP contribution in [0.25, 0.3) is 11.1 Å². The van der Waals surface area contributed by atoms with Crippen molar-refractivity contribution in [2.45, 2.75) is 39.0 Å². The third-order valence-electron chi connectivity index (χ3n) is 4.11. The first kappa shape index (κ1) is 20.3. The lowest BCUT2D eigenvalue weighted by Crippen LogP contribution is -2.01. The minimum absolute atomic E-state index is 0.00204. The number of ether oxygens (including phenoxy) is 1. The van der Waals surface area contributed by atoms with Crippen LogP contribution in [-0.4, -0.2) is 33.9 Å². The molecule has 0 aliphatic rings. The molecule has 0 spiro atoms. The maximum Gasteiger partial charge on any atom is 0.303 e. The number of hydrogen-bond acceptors (Lipinski definition) is 4. The highest BCUT2D eigenvalue weighted by atomic mass is 16.5. The number of benzene rings is 2. The Morgan fingerprint density at radius 3 is 2.00 bits per heavy atom. The van der Waals surface area contributed by atoms with E-state index in [4.69, 9.17) is 14.9 Å². The summed E-state index contributed by atoms with van der Waals surface area (Å²) in [6.45, 7) is 2.51. The molecule has 0 bridgehead atoms. The van der Waals surface area contributed by atoms with Crippen LogP contribution in [0.5, 0.6) is 11.5 Å². The summed E-state index contributed by atoms with van der Waals surface area (Å²) in [5, 5.41) is 28.1. The SMILES string of the molecule is CCCOc1ccc(CCC(=O)O)cc1-c1cc(CCC(=O)O)ccc1O. The first-order valence-corrected chi connectivity index (χ1v) is 8.92. The van der Waals surface area contributed by atoms with Gasteiger partial charge in [0.15, 0.2) is 0 Å². The molecule has 27 heavy (non-hydrogen) atoms. The van der Waals surface area contributed by atoms with Gasteiger partial charge in [0.1, 0.15) is 11.5 Å². The number of carboxylic acid groups (broad SMARTS) is 2. The van der Waals surface area contributed by atoms with Gasteiger partial charge in [-0.2, -0.15) is 0 Å². The number of phenols is 1. The summed E-state index contributed by atoms with van der Waals surface area (Å²) >= 11 is 0. The molecule has 0 fully saturated rings. The number of aromatic hydroxyl groups is 1. The van der Waals surface area contributed by atoms with E-state index in [1.807, 2.05) is 19.1 Å². The quantitative estimate of drug-likeness (QED) is 0.585. The van der Waals surface area contributed by atoms with Gasteiger partial charge in [0.05, 0.1) is 6.61 Å². The van der Waals surface area contributed by atoms with Crippen LogP contribution in [0.15, 0.2) is 36.4 Å². The Morgan fingerprint density at radius 1 is 0.889 bits per heavy atom. The summed E-state index contributed by atoms with van der Waals surface area (Å²) < 4.78 is 5.79. The molecule has 3 N–H and O–H groups in total. The zero-order chi connectivity index (χ0) is 19.8. The maximum atomic E-state index is 10.8. The van der Waals surface area contributed by atoms with Gasteiger partial charge in [0.2, 0.25) is 0 Å². The smallest absolute Gasteiger partial charge is 0.303 e. The zero-order valence-corrected chi connectivity index (χ0v) is 15.3. The fourth-order valence-corrected chi connectivity index (χ4v) is 2.74. The average molecular weight is 372 g/mol. The molecule has 144 valence electrons. The van der Waals surface area contributed by atoms with Crippen LogP contribution in [0.3, 0.4) is 0 Å². The third-order valence-corrected chi connectivity index (χ3v) is 4.11. The number of aryl methyl sites for hydroxylation is 2. The van der Waals surface area contributed by atoms with Gasteiger partial charge in [-0.25, -0.2) is 0 Å². The summed E-state index contributed by atoms with van der Waals surface area (Å²) in [6.07, 6.45) is 1.56. The Labute approximate surface area is 158 Å². The van der Waals surface area contributed by atoms with Crippen molar-refractivity contribution in [2.24, 2.45) is 0 Å². The van der Waals surface area contributed by atoms with Gasteiger partial charge in [0.25, 0.3) is 0 Å². The highest BCUT2D eigenvalue weighted by Gasteiger charge is 2.14. The molecule has 0 saturated carbocycles. The van der Waals surface area contributed by atoms with E-state index in [9.17, 15) is 14.7 Å². The van der Waals surface area contributed by atoms with E-state index in [1.54, 1.807) is 24.3 Å². The molecule has 0 aliphatic carbocycles. The average Bonchev–Trinajstić information content (AvgIpc) is 2.64. The van der Waals surface area contributed by atoms with Crippen molar-refractivity contribution in [3.05, 3.63) is 47.5 Å². The number of phenolic OH excluding ortho intramolecular Hbond substituents is 1. The first-order valence-electron chi connectivity index (χ1n) is 8.92. The van der Waals surface area contributed by atoms with Gasteiger partial charge in [-0.3, -0.25) is 9.59 Å². The van der Waals surface area contributed by atoms with Crippen LogP contribution in [0.1, 0.15) is 37.3 Å². The van der Waals surface area contributed by atoms with Crippen LogP contribution in [0.2, 0.25) is 0 Å². The predicted octanol–water partition coefficient (Wildman–Crippen LogP) is 3.88. The molecule has 0 amide bonds. The molecule has 2 aromatic rings. The van der Waals surface area contributed by atoms with Crippen LogP contribution < -0.4 is 4.74 Å². The minimum Gasteiger partial charge on any atom is -0.507 e. The fourth-order valence-electron chi connectivity index (χ4n) is 2.74. The molecule has 0 unspecified atom stereocenters. The molecule has 6 nitrogen and oxygen atoms in total. The van der Waals surface area contributed by atoms with Crippen LogP contribution in [-0.2, 0) is 22.4 Å². The molecule has 0 saturated heterocycles. The lowest BCUT2D eigenvalue weighted by atomic mass is 9.96. The van der Waals surface area contributed by atoms with E-state index in [-0.39, 0.29) is 18.6 Å². The Bertz CT molecular complexity index is 812. The van der Waals surface area contributed by atoms with E-state index >= 15 is 0 Å². The van der Waals surface area contributed by atoms with E-state index in [0.717, 1.165) is 17.5 Å². The molecule has 2 aromatic carbocycles. The Balaban J connectivity index is 2.42. The second-order valence-electron chi connectivity index (χ2n) is 6.32. The van der Waals surface area contributed by atoms with Crippen molar-refractivity contribution in [2.75, 3.05) is 6.61 Å². The highest BCUT2D eigenvalue weighted by molar-refractivity contribution is 5.77. The fraction of sp³-hybridized carbons (Fsp3) is 0.333. The highest BCUT2D eigenvalue weighted by Crippen LogP contribution is 2.37. The summed E-state index contributed by atoms with van der Waals surface area (Å²) in [5.41, 5.74) is 2.83. The summed E-state index contributed by atoms with van der Waals surface area (Å²) in [7, 11) is 0. The van der Waals surface area contributed by atoms with Crippen molar-refractivity contribution in [1.82, 2.24) is 0 Å². The third kappa shape index (κ3) is 6.02. The monoisotopic (exact) mass is 372 g/mol. The summed E-state index contributed by atoms with van der Waals surface area (Å²) in [5.74, 6) is -1.10. The number of carbonyl (C=O) groups is 2. The van der Waals surface area contributed by atoms with Crippen molar-refractivity contribution in [1.29, 1.82) is 0 Å². The van der Waals surface area contributed by atoms with Gasteiger partial charge in [-0.05, 0) is 54.7 Å². The predicted molar refractivity (Wildman–Crippen MR) is 101 cm³/mol. The molecule has 2 rings (SSSR count).